The second kappa shape index (κ2) is 3.77. The molecule has 18 heavy (non-hydrogen) atoms. The van der Waals surface area contributed by atoms with E-state index in [0.29, 0.717) is 5.92 Å². The van der Waals surface area contributed by atoms with Gasteiger partial charge in [-0.05, 0) is 36.1 Å². The highest BCUT2D eigenvalue weighted by molar-refractivity contribution is 6.09. The lowest BCUT2D eigenvalue weighted by Gasteiger charge is -2.05. The third-order valence-corrected chi connectivity index (χ3v) is 3.72. The summed E-state index contributed by atoms with van der Waals surface area (Å²) in [6.45, 7) is 6.54. The molecule has 3 rings (SSSR count). The fourth-order valence-corrected chi connectivity index (χ4v) is 2.66. The molecule has 0 fully saturated rings. The molecule has 0 saturated heterocycles. The summed E-state index contributed by atoms with van der Waals surface area (Å²) < 4.78 is 1.81. The largest absolute Gasteiger partial charge is 0.339 e. The first-order valence-electron chi connectivity index (χ1n) is 6.38. The summed E-state index contributed by atoms with van der Waals surface area (Å²) in [7, 11) is 0. The predicted molar refractivity (Wildman–Crippen MR) is 78.4 cm³/mol. The van der Waals surface area contributed by atoms with Crippen LogP contribution in [0.1, 0.15) is 30.9 Å². The molecule has 0 bridgehead atoms. The highest BCUT2D eigenvalue weighted by atomic mass is 15.3. The van der Waals surface area contributed by atoms with Gasteiger partial charge >= 0.3 is 0 Å². The minimum atomic E-state index is 0.537. The molecule has 3 aromatic rings. The van der Waals surface area contributed by atoms with Gasteiger partial charge in [0, 0.05) is 10.8 Å². The summed E-state index contributed by atoms with van der Waals surface area (Å²) in [5.41, 5.74) is 4.81. The van der Waals surface area contributed by atoms with Crippen LogP contribution < -0.4 is 5.84 Å². The minimum absolute atomic E-state index is 0.537. The van der Waals surface area contributed by atoms with E-state index >= 15 is 0 Å². The first-order chi connectivity index (χ1) is 8.59. The second-order valence-electron chi connectivity index (χ2n) is 5.27. The molecule has 2 N–H and O–H groups in total. The number of aromatic nitrogens is 1. The van der Waals surface area contributed by atoms with E-state index in [1.807, 2.05) is 4.68 Å². The van der Waals surface area contributed by atoms with Gasteiger partial charge in [0.1, 0.15) is 0 Å². The van der Waals surface area contributed by atoms with Crippen molar-refractivity contribution >= 4 is 21.8 Å². The van der Waals surface area contributed by atoms with Crippen molar-refractivity contribution in [1.29, 1.82) is 0 Å². The van der Waals surface area contributed by atoms with Gasteiger partial charge in [0.2, 0.25) is 0 Å². The van der Waals surface area contributed by atoms with Gasteiger partial charge < -0.3 is 5.84 Å². The number of nitrogens with two attached hydrogens (primary N) is 1. The van der Waals surface area contributed by atoms with Gasteiger partial charge in [0.05, 0.1) is 11.0 Å². The van der Waals surface area contributed by atoms with Crippen molar-refractivity contribution < 1.29 is 0 Å². The number of benzene rings is 2. The van der Waals surface area contributed by atoms with Gasteiger partial charge in [-0.15, -0.1) is 0 Å². The summed E-state index contributed by atoms with van der Waals surface area (Å²) in [4.78, 5) is 0. The van der Waals surface area contributed by atoms with E-state index in [2.05, 4.69) is 57.2 Å². The Morgan fingerprint density at radius 1 is 1.06 bits per heavy atom. The zero-order valence-corrected chi connectivity index (χ0v) is 11.1. The molecule has 2 heteroatoms. The fraction of sp³-hybridized carbons (Fsp3) is 0.250. The Morgan fingerprint density at radius 3 is 2.56 bits per heavy atom. The number of hydrogen-bond donors (Lipinski definition) is 1. The molecule has 0 aliphatic carbocycles. The Hall–Kier alpha value is -1.96. The summed E-state index contributed by atoms with van der Waals surface area (Å²) in [6.07, 6.45) is 0. The van der Waals surface area contributed by atoms with Crippen LogP contribution in [0.5, 0.6) is 0 Å². The molecule has 0 amide bonds. The van der Waals surface area contributed by atoms with Crippen LogP contribution >= 0.6 is 0 Å². The molecule has 2 nitrogen and oxygen atoms in total. The molecule has 0 saturated carbocycles. The number of hydrogen-bond acceptors (Lipinski definition) is 1. The van der Waals surface area contributed by atoms with Crippen molar-refractivity contribution in [3.63, 3.8) is 0 Å². The molecule has 0 spiro atoms. The number of para-hydroxylation sites is 1. The number of nitrogens with zero attached hydrogens (tertiary/aromatic N) is 1. The van der Waals surface area contributed by atoms with Crippen LogP contribution in [0.15, 0.2) is 36.4 Å². The quantitative estimate of drug-likeness (QED) is 0.640. The van der Waals surface area contributed by atoms with Gasteiger partial charge in [0.15, 0.2) is 0 Å². The summed E-state index contributed by atoms with van der Waals surface area (Å²) in [5.74, 6) is 6.76. The third-order valence-electron chi connectivity index (χ3n) is 3.72. The van der Waals surface area contributed by atoms with Crippen molar-refractivity contribution in [3.8, 4) is 0 Å². The molecule has 0 unspecified atom stereocenters. The van der Waals surface area contributed by atoms with Crippen LogP contribution in [0.3, 0.4) is 0 Å². The molecule has 0 aliphatic heterocycles. The topological polar surface area (TPSA) is 30.9 Å². The standard InChI is InChI=1S/C16H18N2/c1-10(2)12-7-8-15-14(9-12)13-6-4-5-11(3)16(13)18(15)17/h4-10H,17H2,1-3H3. The van der Waals surface area contributed by atoms with Crippen molar-refractivity contribution in [2.24, 2.45) is 0 Å². The molecule has 1 heterocycles. The first kappa shape index (κ1) is 11.1. The maximum absolute atomic E-state index is 6.22. The van der Waals surface area contributed by atoms with Crippen LogP contribution in [0, 0.1) is 6.92 Å². The monoisotopic (exact) mass is 238 g/mol. The summed E-state index contributed by atoms with van der Waals surface area (Å²) in [6, 6.07) is 12.9. The van der Waals surface area contributed by atoms with E-state index in [-0.39, 0.29) is 0 Å². The zero-order chi connectivity index (χ0) is 12.9. The van der Waals surface area contributed by atoms with Crippen LogP contribution in [0.4, 0.5) is 0 Å². The van der Waals surface area contributed by atoms with Gasteiger partial charge in [-0.25, -0.2) is 0 Å². The molecule has 1 aromatic heterocycles. The highest BCUT2D eigenvalue weighted by Gasteiger charge is 2.11. The number of aryl methyl sites for hydroxylation is 1. The van der Waals surface area contributed by atoms with Gasteiger partial charge in [-0.1, -0.05) is 38.1 Å². The zero-order valence-electron chi connectivity index (χ0n) is 11.1. The molecule has 2 aromatic carbocycles. The minimum Gasteiger partial charge on any atom is -0.339 e. The first-order valence-corrected chi connectivity index (χ1v) is 6.38. The Labute approximate surface area is 107 Å². The lowest BCUT2D eigenvalue weighted by atomic mass is 10.0. The van der Waals surface area contributed by atoms with Crippen molar-refractivity contribution in [3.05, 3.63) is 47.5 Å². The lowest BCUT2D eigenvalue weighted by Crippen LogP contribution is -2.07. The van der Waals surface area contributed by atoms with Gasteiger partial charge in [-0.2, -0.15) is 0 Å². The van der Waals surface area contributed by atoms with Gasteiger partial charge in [0.25, 0.3) is 0 Å². The van der Waals surface area contributed by atoms with E-state index in [0.717, 1.165) is 11.0 Å². The van der Waals surface area contributed by atoms with Crippen LogP contribution in [0.25, 0.3) is 21.8 Å². The fourth-order valence-electron chi connectivity index (χ4n) is 2.66. The number of rotatable bonds is 1. The Bertz CT molecular complexity index is 736. The average Bonchev–Trinajstić information content (AvgIpc) is 2.64. The Kier molecular flexibility index (Phi) is 2.34. The molecular weight excluding hydrogens is 220 g/mol. The van der Waals surface area contributed by atoms with E-state index in [1.54, 1.807) is 0 Å². The molecule has 0 radical (unpaired) electrons. The van der Waals surface area contributed by atoms with E-state index in [4.69, 9.17) is 5.84 Å². The lowest BCUT2D eigenvalue weighted by molar-refractivity contribution is 0.868. The molecular formula is C16H18N2. The smallest absolute Gasteiger partial charge is 0.0732 e. The predicted octanol–water partition coefficient (Wildman–Crippen LogP) is 3.94. The maximum atomic E-state index is 6.22. The molecule has 0 aliphatic rings. The van der Waals surface area contributed by atoms with Crippen molar-refractivity contribution in [1.82, 2.24) is 4.68 Å². The second-order valence-corrected chi connectivity index (χ2v) is 5.27. The van der Waals surface area contributed by atoms with Crippen LogP contribution in [-0.2, 0) is 0 Å². The Morgan fingerprint density at radius 2 is 1.83 bits per heavy atom. The SMILES string of the molecule is Cc1cccc2c3cc(C(C)C)ccc3n(N)c12. The Balaban J connectivity index is 2.49. The van der Waals surface area contributed by atoms with E-state index in [1.165, 1.54) is 21.9 Å². The van der Waals surface area contributed by atoms with Gasteiger partial charge in [-0.3, -0.25) is 4.68 Å². The summed E-state index contributed by atoms with van der Waals surface area (Å²) >= 11 is 0. The number of fused-ring (bicyclic) bond motifs is 3. The molecule has 0 atom stereocenters. The number of nitrogen functional groups attached to an aromatic ring is 1. The maximum Gasteiger partial charge on any atom is 0.0732 e. The van der Waals surface area contributed by atoms with E-state index < -0.39 is 0 Å². The third kappa shape index (κ3) is 1.42. The highest BCUT2D eigenvalue weighted by Crippen LogP contribution is 2.31. The molecule has 92 valence electrons. The van der Waals surface area contributed by atoms with Crippen molar-refractivity contribution in [2.75, 3.05) is 5.84 Å². The van der Waals surface area contributed by atoms with Crippen LogP contribution in [-0.4, -0.2) is 4.68 Å². The van der Waals surface area contributed by atoms with E-state index in [9.17, 15) is 0 Å². The summed E-state index contributed by atoms with van der Waals surface area (Å²) in [5, 5.41) is 2.50. The van der Waals surface area contributed by atoms with Crippen molar-refractivity contribution in [2.45, 2.75) is 26.7 Å². The normalized spacial score (nSPS) is 11.8. The van der Waals surface area contributed by atoms with Crippen LogP contribution in [0.2, 0.25) is 0 Å². The average molecular weight is 238 g/mol.